The molecule has 1 fully saturated rings. The fourth-order valence-corrected chi connectivity index (χ4v) is 4.55. The van der Waals surface area contributed by atoms with Crippen LogP contribution < -0.4 is 0 Å². The first-order valence-corrected chi connectivity index (χ1v) is 10.4. The topological polar surface area (TPSA) is 34.0 Å². The molecule has 0 N–H and O–H groups in total. The van der Waals surface area contributed by atoms with Crippen LogP contribution in [0.1, 0.15) is 54.1 Å². The number of rotatable bonds is 7. The van der Waals surface area contributed by atoms with Crippen LogP contribution in [-0.2, 0) is 19.6 Å². The van der Waals surface area contributed by atoms with Crippen LogP contribution >= 0.6 is 23.7 Å². The number of pyridine rings is 1. The Morgan fingerprint density at radius 3 is 2.59 bits per heavy atom. The minimum absolute atomic E-state index is 0. The van der Waals surface area contributed by atoms with Crippen LogP contribution in [0.2, 0.25) is 0 Å². The Morgan fingerprint density at radius 2 is 1.85 bits per heavy atom. The largest absolute Gasteiger partial charge is 0.290 e. The lowest BCUT2D eigenvalue weighted by molar-refractivity contribution is 0.249. The van der Waals surface area contributed by atoms with Crippen molar-refractivity contribution in [3.05, 3.63) is 70.4 Å². The lowest BCUT2D eigenvalue weighted by Crippen LogP contribution is -2.22. The molecule has 0 aromatic carbocycles. The van der Waals surface area contributed by atoms with Crippen LogP contribution in [0.5, 0.6) is 0 Å². The maximum atomic E-state index is 4.68. The molecule has 0 radical (unpaired) electrons. The highest BCUT2D eigenvalue weighted by Crippen LogP contribution is 2.28. The van der Waals surface area contributed by atoms with Gasteiger partial charge in [-0.05, 0) is 35.9 Å². The van der Waals surface area contributed by atoms with E-state index in [0.29, 0.717) is 6.04 Å². The first-order chi connectivity index (χ1) is 12.9. The van der Waals surface area contributed by atoms with Crippen LogP contribution in [0.4, 0.5) is 0 Å². The average Bonchev–Trinajstić information content (AvgIpc) is 3.35. The third kappa shape index (κ3) is 5.64. The number of halogens is 1. The minimum Gasteiger partial charge on any atom is -0.290 e. The van der Waals surface area contributed by atoms with Crippen LogP contribution in [0.15, 0.2) is 54.4 Å². The van der Waals surface area contributed by atoms with Gasteiger partial charge < -0.3 is 0 Å². The van der Waals surface area contributed by atoms with Gasteiger partial charge in [-0.15, -0.1) is 23.7 Å². The molecule has 3 aromatic heterocycles. The SMILES string of the molecule is Cl.c1cncc(CN(Cc2cnn(C3CCCCC3)c2)Cc2cccs2)c1. The number of hydrogen-bond donors (Lipinski definition) is 0. The molecule has 1 saturated carbocycles. The quantitative estimate of drug-likeness (QED) is 0.525. The van der Waals surface area contributed by atoms with E-state index < -0.39 is 0 Å². The van der Waals surface area contributed by atoms with Crippen molar-refractivity contribution in [3.8, 4) is 0 Å². The second-order valence-corrected chi connectivity index (χ2v) is 8.24. The molecule has 1 aliphatic carbocycles. The van der Waals surface area contributed by atoms with E-state index in [1.165, 1.54) is 48.1 Å². The summed E-state index contributed by atoms with van der Waals surface area (Å²) in [5, 5.41) is 6.83. The first kappa shape index (κ1) is 20.1. The summed E-state index contributed by atoms with van der Waals surface area (Å²) >= 11 is 1.82. The van der Waals surface area contributed by atoms with Crippen molar-refractivity contribution >= 4 is 23.7 Å². The smallest absolute Gasteiger partial charge is 0.0534 e. The molecule has 0 unspecified atom stereocenters. The van der Waals surface area contributed by atoms with Gasteiger partial charge in [-0.3, -0.25) is 14.6 Å². The monoisotopic (exact) mass is 402 g/mol. The summed E-state index contributed by atoms with van der Waals surface area (Å²) in [6, 6.07) is 9.11. The summed E-state index contributed by atoms with van der Waals surface area (Å²) in [5.41, 5.74) is 2.56. The number of nitrogens with zero attached hydrogens (tertiary/aromatic N) is 4. The van der Waals surface area contributed by atoms with E-state index in [4.69, 9.17) is 0 Å². The molecule has 3 heterocycles. The summed E-state index contributed by atoms with van der Waals surface area (Å²) < 4.78 is 2.21. The predicted molar refractivity (Wildman–Crippen MR) is 113 cm³/mol. The predicted octanol–water partition coefficient (Wildman–Crippen LogP) is 5.47. The highest BCUT2D eigenvalue weighted by atomic mass is 35.5. The van der Waals surface area contributed by atoms with Gasteiger partial charge in [0.1, 0.15) is 0 Å². The van der Waals surface area contributed by atoms with Gasteiger partial charge in [0.05, 0.1) is 12.2 Å². The van der Waals surface area contributed by atoms with Gasteiger partial charge >= 0.3 is 0 Å². The molecule has 0 amide bonds. The number of hydrogen-bond acceptors (Lipinski definition) is 4. The second kappa shape index (κ2) is 10.0. The van der Waals surface area contributed by atoms with E-state index in [0.717, 1.165) is 19.6 Å². The van der Waals surface area contributed by atoms with E-state index in [-0.39, 0.29) is 12.4 Å². The van der Waals surface area contributed by atoms with Crippen molar-refractivity contribution in [1.29, 1.82) is 0 Å². The Kier molecular flexibility index (Phi) is 7.44. The molecule has 3 aromatic rings. The van der Waals surface area contributed by atoms with Gasteiger partial charge in [0.25, 0.3) is 0 Å². The summed E-state index contributed by atoms with van der Waals surface area (Å²) in [5.74, 6) is 0. The molecule has 0 bridgehead atoms. The van der Waals surface area contributed by atoms with E-state index >= 15 is 0 Å². The Hall–Kier alpha value is -1.69. The molecule has 0 atom stereocenters. The zero-order valence-corrected chi connectivity index (χ0v) is 17.2. The van der Waals surface area contributed by atoms with E-state index in [9.17, 15) is 0 Å². The molecule has 4 rings (SSSR count). The molecular weight excluding hydrogens is 376 g/mol. The molecule has 4 nitrogen and oxygen atoms in total. The maximum Gasteiger partial charge on any atom is 0.0534 e. The second-order valence-electron chi connectivity index (χ2n) is 7.21. The zero-order chi connectivity index (χ0) is 17.6. The van der Waals surface area contributed by atoms with Crippen molar-refractivity contribution in [2.24, 2.45) is 0 Å². The maximum absolute atomic E-state index is 4.68. The zero-order valence-electron chi connectivity index (χ0n) is 15.5. The van der Waals surface area contributed by atoms with Gasteiger partial charge in [0, 0.05) is 48.7 Å². The average molecular weight is 403 g/mol. The Bertz CT molecular complexity index is 782. The van der Waals surface area contributed by atoms with E-state index in [1.807, 2.05) is 29.8 Å². The van der Waals surface area contributed by atoms with Crippen molar-refractivity contribution in [2.45, 2.75) is 57.8 Å². The first-order valence-electron chi connectivity index (χ1n) is 9.53. The molecule has 0 saturated heterocycles. The molecule has 1 aliphatic rings. The van der Waals surface area contributed by atoms with Crippen molar-refractivity contribution in [1.82, 2.24) is 19.7 Å². The number of thiophene rings is 1. The van der Waals surface area contributed by atoms with Crippen LogP contribution in [0.25, 0.3) is 0 Å². The fourth-order valence-electron chi connectivity index (χ4n) is 3.80. The Labute approximate surface area is 171 Å². The summed E-state index contributed by atoms with van der Waals surface area (Å²) in [6.07, 6.45) is 14.7. The summed E-state index contributed by atoms with van der Waals surface area (Å²) in [7, 11) is 0. The van der Waals surface area contributed by atoms with Crippen LogP contribution in [0.3, 0.4) is 0 Å². The molecule has 144 valence electrons. The number of aromatic nitrogens is 3. The van der Waals surface area contributed by atoms with Crippen molar-refractivity contribution in [3.63, 3.8) is 0 Å². The third-order valence-electron chi connectivity index (χ3n) is 5.10. The molecule has 6 heteroatoms. The molecule has 0 spiro atoms. The van der Waals surface area contributed by atoms with Crippen molar-refractivity contribution in [2.75, 3.05) is 0 Å². The highest BCUT2D eigenvalue weighted by Gasteiger charge is 2.17. The normalized spacial score (nSPS) is 15.0. The summed E-state index contributed by atoms with van der Waals surface area (Å²) in [4.78, 5) is 8.14. The fraction of sp³-hybridized carbons (Fsp3) is 0.429. The molecule has 0 aliphatic heterocycles. The molecular formula is C21H27ClN4S. The van der Waals surface area contributed by atoms with E-state index in [1.54, 1.807) is 0 Å². The Morgan fingerprint density at radius 1 is 1.00 bits per heavy atom. The lowest BCUT2D eigenvalue weighted by atomic mass is 9.96. The van der Waals surface area contributed by atoms with Gasteiger partial charge in [-0.25, -0.2) is 0 Å². The van der Waals surface area contributed by atoms with E-state index in [2.05, 4.69) is 55.6 Å². The van der Waals surface area contributed by atoms with Crippen LogP contribution in [0, 0.1) is 0 Å². The van der Waals surface area contributed by atoms with Crippen molar-refractivity contribution < 1.29 is 0 Å². The van der Waals surface area contributed by atoms with Gasteiger partial charge in [0.15, 0.2) is 0 Å². The van der Waals surface area contributed by atoms with Crippen LogP contribution in [-0.4, -0.2) is 19.7 Å². The van der Waals surface area contributed by atoms with Gasteiger partial charge in [0.2, 0.25) is 0 Å². The Balaban J connectivity index is 0.00000210. The summed E-state index contributed by atoms with van der Waals surface area (Å²) in [6.45, 7) is 2.78. The third-order valence-corrected chi connectivity index (χ3v) is 5.96. The molecule has 27 heavy (non-hydrogen) atoms. The lowest BCUT2D eigenvalue weighted by Gasteiger charge is -2.22. The minimum atomic E-state index is 0. The van der Waals surface area contributed by atoms with Gasteiger partial charge in [-0.1, -0.05) is 31.4 Å². The van der Waals surface area contributed by atoms with Gasteiger partial charge in [-0.2, -0.15) is 5.10 Å². The highest BCUT2D eigenvalue weighted by molar-refractivity contribution is 7.09. The standard InChI is InChI=1S/C21H26N4S.ClH/c1-2-7-20(8-3-1)25-16-19(13-23-25)15-24(17-21-9-5-11-26-21)14-18-6-4-10-22-12-18;/h4-6,9-13,16,20H,1-3,7-8,14-15,17H2;1H.